The van der Waals surface area contributed by atoms with Crippen molar-refractivity contribution in [1.29, 1.82) is 0 Å². The van der Waals surface area contributed by atoms with Crippen molar-refractivity contribution in [1.82, 2.24) is 9.80 Å². The van der Waals surface area contributed by atoms with Crippen LogP contribution in [0.15, 0.2) is 18.2 Å². The predicted octanol–water partition coefficient (Wildman–Crippen LogP) is 1.58. The van der Waals surface area contributed by atoms with Crippen molar-refractivity contribution in [2.75, 3.05) is 33.4 Å². The third-order valence-electron chi connectivity index (χ3n) is 4.46. The van der Waals surface area contributed by atoms with Crippen molar-refractivity contribution in [2.45, 2.75) is 13.0 Å². The molecule has 5 nitrogen and oxygen atoms in total. The number of benzene rings is 1. The fraction of sp³-hybridized carbons (Fsp3) is 0.500. The number of aryl methyl sites for hydroxylation is 1. The molecular weight excluding hydrogens is 304 g/mol. The summed E-state index contributed by atoms with van der Waals surface area (Å²) >= 11 is 6.28. The van der Waals surface area contributed by atoms with Gasteiger partial charge in [-0.2, -0.15) is 0 Å². The van der Waals surface area contributed by atoms with Gasteiger partial charge in [-0.3, -0.25) is 9.59 Å². The second kappa shape index (κ2) is 5.89. The molecule has 0 unspecified atom stereocenters. The number of fused-ring (bicyclic) bond motifs is 3. The lowest BCUT2D eigenvalue weighted by Crippen LogP contribution is -2.45. The van der Waals surface area contributed by atoms with Crippen LogP contribution in [0.3, 0.4) is 0 Å². The van der Waals surface area contributed by atoms with E-state index in [1.165, 1.54) is 0 Å². The fourth-order valence-electron chi connectivity index (χ4n) is 3.05. The number of rotatable bonds is 1. The van der Waals surface area contributed by atoms with E-state index >= 15 is 0 Å². The second-order valence-electron chi connectivity index (χ2n) is 5.98. The van der Waals surface area contributed by atoms with Gasteiger partial charge in [0.2, 0.25) is 5.91 Å². The molecular formula is C16H19ClN2O3. The van der Waals surface area contributed by atoms with Gasteiger partial charge in [0.25, 0.3) is 5.91 Å². The molecule has 22 heavy (non-hydrogen) atoms. The Bertz CT molecular complexity index is 619. The summed E-state index contributed by atoms with van der Waals surface area (Å²) in [7, 11) is 1.78. The molecule has 118 valence electrons. The number of amides is 2. The number of ether oxygens (including phenoxy) is 1. The highest BCUT2D eigenvalue weighted by atomic mass is 35.5. The van der Waals surface area contributed by atoms with Gasteiger partial charge >= 0.3 is 0 Å². The average Bonchev–Trinajstić information content (AvgIpc) is 2.67. The van der Waals surface area contributed by atoms with Crippen LogP contribution in [0.1, 0.15) is 15.9 Å². The van der Waals surface area contributed by atoms with Crippen LogP contribution < -0.4 is 0 Å². The molecule has 1 aromatic rings. The summed E-state index contributed by atoms with van der Waals surface area (Å²) in [6.45, 7) is 3.56. The van der Waals surface area contributed by atoms with Crippen molar-refractivity contribution in [3.63, 3.8) is 0 Å². The SMILES string of the molecule is Cc1cccc(C(=O)N2C[C@@H]3COC[C@H](C2)N(C)C3=O)c1Cl. The lowest BCUT2D eigenvalue weighted by Gasteiger charge is -2.29. The van der Waals surface area contributed by atoms with Crippen LogP contribution in [0, 0.1) is 12.8 Å². The molecule has 2 saturated heterocycles. The Balaban J connectivity index is 1.90. The largest absolute Gasteiger partial charge is 0.378 e. The smallest absolute Gasteiger partial charge is 0.255 e. The first-order valence-electron chi connectivity index (χ1n) is 7.38. The molecule has 0 aromatic heterocycles. The number of carbonyl (C=O) groups excluding carboxylic acids is 2. The van der Waals surface area contributed by atoms with E-state index in [-0.39, 0.29) is 23.8 Å². The molecule has 0 radical (unpaired) electrons. The van der Waals surface area contributed by atoms with Crippen molar-refractivity contribution >= 4 is 23.4 Å². The molecule has 2 amide bonds. The van der Waals surface area contributed by atoms with Crippen LogP contribution in [0.2, 0.25) is 5.02 Å². The van der Waals surface area contributed by atoms with Crippen LogP contribution in [0.4, 0.5) is 0 Å². The van der Waals surface area contributed by atoms with Gasteiger partial charge < -0.3 is 14.5 Å². The number of carbonyl (C=O) groups is 2. The van der Waals surface area contributed by atoms with Crippen LogP contribution in [-0.2, 0) is 9.53 Å². The molecule has 2 aliphatic rings. The quantitative estimate of drug-likeness (QED) is 0.788. The normalized spacial score (nSPS) is 25.1. The molecule has 0 N–H and O–H groups in total. The van der Waals surface area contributed by atoms with Gasteiger partial charge in [0.15, 0.2) is 0 Å². The summed E-state index contributed by atoms with van der Waals surface area (Å²) in [5.41, 5.74) is 1.37. The minimum absolute atomic E-state index is 0.0492. The van der Waals surface area contributed by atoms with Crippen LogP contribution in [0.5, 0.6) is 0 Å². The van der Waals surface area contributed by atoms with Gasteiger partial charge in [0.1, 0.15) is 0 Å². The first kappa shape index (κ1) is 15.3. The zero-order chi connectivity index (χ0) is 15.9. The Hall–Kier alpha value is -1.59. The highest BCUT2D eigenvalue weighted by Crippen LogP contribution is 2.25. The topological polar surface area (TPSA) is 49.9 Å². The van der Waals surface area contributed by atoms with E-state index in [9.17, 15) is 9.59 Å². The molecule has 1 aromatic carbocycles. The predicted molar refractivity (Wildman–Crippen MR) is 83.0 cm³/mol. The van der Waals surface area contributed by atoms with E-state index < -0.39 is 0 Å². The monoisotopic (exact) mass is 322 g/mol. The minimum atomic E-state index is -0.301. The zero-order valence-electron chi connectivity index (χ0n) is 12.7. The maximum Gasteiger partial charge on any atom is 0.255 e. The Morgan fingerprint density at radius 2 is 2.09 bits per heavy atom. The van der Waals surface area contributed by atoms with E-state index in [0.29, 0.717) is 36.9 Å². The molecule has 2 bridgehead atoms. The van der Waals surface area contributed by atoms with Gasteiger partial charge in [-0.05, 0) is 18.6 Å². The summed E-state index contributed by atoms with van der Waals surface area (Å²) in [5.74, 6) is -0.369. The van der Waals surface area contributed by atoms with Crippen molar-refractivity contribution in [3.05, 3.63) is 34.3 Å². The van der Waals surface area contributed by atoms with E-state index in [2.05, 4.69) is 0 Å². The van der Waals surface area contributed by atoms with Crippen molar-refractivity contribution < 1.29 is 14.3 Å². The standard InChI is InChI=1S/C16H19ClN2O3/c1-10-4-3-5-13(14(10)17)16(21)19-6-11-8-22-9-12(7-19)18(2)15(11)20/h3-5,11-12H,6-9H2,1-2H3/t11-,12+/m1/s1. The van der Waals surface area contributed by atoms with Gasteiger partial charge in [-0.15, -0.1) is 0 Å². The Morgan fingerprint density at radius 3 is 2.86 bits per heavy atom. The third kappa shape index (κ3) is 2.59. The van der Waals surface area contributed by atoms with Crippen LogP contribution in [-0.4, -0.2) is 61.0 Å². The van der Waals surface area contributed by atoms with Crippen molar-refractivity contribution in [2.24, 2.45) is 5.92 Å². The summed E-state index contributed by atoms with van der Waals surface area (Å²) < 4.78 is 5.55. The Labute approximate surface area is 134 Å². The summed E-state index contributed by atoms with van der Waals surface area (Å²) in [6.07, 6.45) is 0. The van der Waals surface area contributed by atoms with E-state index in [4.69, 9.17) is 16.3 Å². The number of hydrogen-bond donors (Lipinski definition) is 0. The Kier molecular flexibility index (Phi) is 4.10. The third-order valence-corrected chi connectivity index (χ3v) is 4.96. The lowest BCUT2D eigenvalue weighted by molar-refractivity contribution is -0.133. The van der Waals surface area contributed by atoms with Gasteiger partial charge in [-0.1, -0.05) is 23.7 Å². The molecule has 2 fully saturated rings. The van der Waals surface area contributed by atoms with E-state index in [0.717, 1.165) is 5.56 Å². The zero-order valence-corrected chi connectivity index (χ0v) is 13.5. The number of likely N-dealkylation sites (N-methyl/N-ethyl adjacent to an activating group) is 1. The highest BCUT2D eigenvalue weighted by Gasteiger charge is 2.39. The maximum absolute atomic E-state index is 12.8. The molecule has 0 aliphatic carbocycles. The number of hydrogen-bond acceptors (Lipinski definition) is 3. The van der Waals surface area contributed by atoms with Crippen LogP contribution in [0.25, 0.3) is 0 Å². The molecule has 0 spiro atoms. The number of halogens is 1. The molecule has 3 rings (SSSR count). The first-order chi connectivity index (χ1) is 10.5. The van der Waals surface area contributed by atoms with E-state index in [1.54, 1.807) is 22.9 Å². The second-order valence-corrected chi connectivity index (χ2v) is 6.36. The molecule has 2 atom stereocenters. The summed E-state index contributed by atoms with van der Waals surface area (Å²) in [6, 6.07) is 5.34. The van der Waals surface area contributed by atoms with Crippen LogP contribution >= 0.6 is 11.6 Å². The summed E-state index contributed by atoms with van der Waals surface area (Å²) in [4.78, 5) is 28.6. The average molecular weight is 323 g/mol. The fourth-order valence-corrected chi connectivity index (χ4v) is 3.25. The molecule has 2 aliphatic heterocycles. The van der Waals surface area contributed by atoms with Crippen molar-refractivity contribution in [3.8, 4) is 0 Å². The van der Waals surface area contributed by atoms with Gasteiger partial charge in [-0.25, -0.2) is 0 Å². The summed E-state index contributed by atoms with van der Waals surface area (Å²) in [5, 5.41) is 0.484. The Morgan fingerprint density at radius 1 is 1.32 bits per heavy atom. The van der Waals surface area contributed by atoms with Gasteiger partial charge in [0, 0.05) is 20.1 Å². The number of nitrogens with zero attached hydrogens (tertiary/aromatic N) is 2. The molecule has 0 saturated carbocycles. The highest BCUT2D eigenvalue weighted by molar-refractivity contribution is 6.34. The maximum atomic E-state index is 12.8. The minimum Gasteiger partial charge on any atom is -0.378 e. The van der Waals surface area contributed by atoms with E-state index in [1.807, 2.05) is 19.1 Å². The molecule has 6 heteroatoms. The molecule has 2 heterocycles. The first-order valence-corrected chi connectivity index (χ1v) is 7.75. The van der Waals surface area contributed by atoms with Gasteiger partial charge in [0.05, 0.1) is 35.8 Å². The lowest BCUT2D eigenvalue weighted by atomic mass is 10.1.